The maximum absolute atomic E-state index is 14.4. The van der Waals surface area contributed by atoms with E-state index in [4.69, 9.17) is 0 Å². The van der Waals surface area contributed by atoms with Gasteiger partial charge in [0.05, 0.1) is 35.1 Å². The molecule has 5 rings (SSSR count). The van der Waals surface area contributed by atoms with Crippen molar-refractivity contribution < 1.29 is 9.18 Å². The molecule has 0 aliphatic carbocycles. The minimum Gasteiger partial charge on any atom is -0.334 e. The van der Waals surface area contributed by atoms with E-state index in [0.717, 1.165) is 0 Å². The van der Waals surface area contributed by atoms with Crippen molar-refractivity contribution in [2.45, 2.75) is 6.54 Å². The molecule has 0 bridgehead atoms. The van der Waals surface area contributed by atoms with Crippen LogP contribution in [0, 0.1) is 17.1 Å². The van der Waals surface area contributed by atoms with E-state index in [1.54, 1.807) is 59.3 Å². The Kier molecular flexibility index (Phi) is 3.34. The predicted octanol–water partition coefficient (Wildman–Crippen LogP) is 3.53. The molecule has 0 saturated heterocycles. The van der Waals surface area contributed by atoms with Gasteiger partial charge >= 0.3 is 0 Å². The van der Waals surface area contributed by atoms with Gasteiger partial charge in [0.15, 0.2) is 0 Å². The lowest BCUT2D eigenvalue weighted by atomic mass is 10.0. The lowest BCUT2D eigenvalue weighted by molar-refractivity contribution is 0.0968. The SMILES string of the molecule is N#Cc1ccc2c(=O)c3c(n(Cc4ccccc4F)c2c1)-c1cccn1C3=O. The van der Waals surface area contributed by atoms with E-state index in [-0.39, 0.29) is 23.4 Å². The van der Waals surface area contributed by atoms with E-state index >= 15 is 0 Å². The maximum atomic E-state index is 14.4. The van der Waals surface area contributed by atoms with Gasteiger partial charge in [-0.25, -0.2) is 4.39 Å². The largest absolute Gasteiger partial charge is 0.334 e. The highest BCUT2D eigenvalue weighted by Gasteiger charge is 2.33. The fourth-order valence-electron chi connectivity index (χ4n) is 3.81. The van der Waals surface area contributed by atoms with E-state index in [9.17, 15) is 19.2 Å². The van der Waals surface area contributed by atoms with E-state index in [1.807, 2.05) is 0 Å². The van der Waals surface area contributed by atoms with Gasteiger partial charge < -0.3 is 4.57 Å². The van der Waals surface area contributed by atoms with E-state index in [2.05, 4.69) is 6.07 Å². The summed E-state index contributed by atoms with van der Waals surface area (Å²) in [6, 6.07) is 16.6. The van der Waals surface area contributed by atoms with Crippen LogP contribution in [0.5, 0.6) is 0 Å². The summed E-state index contributed by atoms with van der Waals surface area (Å²) in [6.45, 7) is 0.124. The Morgan fingerprint density at radius 1 is 1.04 bits per heavy atom. The predicted molar refractivity (Wildman–Crippen MR) is 102 cm³/mol. The Bertz CT molecular complexity index is 1410. The molecule has 6 heteroatoms. The van der Waals surface area contributed by atoms with Crippen LogP contribution in [0.15, 0.2) is 65.6 Å². The Hall–Kier alpha value is -3.98. The first-order valence-corrected chi connectivity index (χ1v) is 8.66. The van der Waals surface area contributed by atoms with Gasteiger partial charge in [-0.15, -0.1) is 0 Å². The second-order valence-corrected chi connectivity index (χ2v) is 6.64. The molecule has 2 aromatic carbocycles. The lowest BCUT2D eigenvalue weighted by Crippen LogP contribution is -2.20. The molecule has 0 saturated carbocycles. The molecule has 0 unspecified atom stereocenters. The number of fused-ring (bicyclic) bond motifs is 4. The number of nitriles is 1. The number of hydrogen-bond donors (Lipinski definition) is 0. The molecule has 0 radical (unpaired) electrons. The van der Waals surface area contributed by atoms with Crippen LogP contribution in [-0.2, 0) is 6.54 Å². The zero-order valence-electron chi connectivity index (χ0n) is 14.5. The van der Waals surface area contributed by atoms with Crippen LogP contribution < -0.4 is 5.43 Å². The zero-order valence-corrected chi connectivity index (χ0v) is 14.5. The Labute approximate surface area is 158 Å². The summed E-state index contributed by atoms with van der Waals surface area (Å²) in [4.78, 5) is 25.9. The molecule has 2 aromatic heterocycles. The quantitative estimate of drug-likeness (QED) is 0.478. The van der Waals surface area contributed by atoms with E-state index in [0.29, 0.717) is 33.4 Å². The average molecular weight is 369 g/mol. The van der Waals surface area contributed by atoms with Crippen molar-refractivity contribution in [3.8, 4) is 17.5 Å². The lowest BCUT2D eigenvalue weighted by Gasteiger charge is -2.17. The monoisotopic (exact) mass is 369 g/mol. The summed E-state index contributed by atoms with van der Waals surface area (Å²) in [5.74, 6) is -0.771. The summed E-state index contributed by atoms with van der Waals surface area (Å²) in [5, 5.41) is 9.62. The molecule has 1 aliphatic heterocycles. The highest BCUT2D eigenvalue weighted by Crippen LogP contribution is 2.34. The molecule has 4 aromatic rings. The van der Waals surface area contributed by atoms with Crippen LogP contribution in [0.2, 0.25) is 0 Å². The van der Waals surface area contributed by atoms with Crippen molar-refractivity contribution in [1.82, 2.24) is 9.13 Å². The number of halogens is 1. The van der Waals surface area contributed by atoms with Crippen molar-refractivity contribution in [3.63, 3.8) is 0 Å². The van der Waals surface area contributed by atoms with Gasteiger partial charge in [-0.1, -0.05) is 18.2 Å². The molecule has 5 nitrogen and oxygen atoms in total. The summed E-state index contributed by atoms with van der Waals surface area (Å²) in [6.07, 6.45) is 1.61. The molecule has 0 spiro atoms. The zero-order chi connectivity index (χ0) is 19.4. The Morgan fingerprint density at radius 3 is 2.64 bits per heavy atom. The fourth-order valence-corrected chi connectivity index (χ4v) is 3.81. The number of rotatable bonds is 2. The van der Waals surface area contributed by atoms with Crippen LogP contribution >= 0.6 is 0 Å². The molecule has 0 N–H and O–H groups in total. The molecule has 0 amide bonds. The standard InChI is InChI=1S/C22H12FN3O2/c23-16-5-2-1-4-14(16)12-26-18-10-13(11-24)7-8-15(18)21(27)19-20(26)17-6-3-9-25(17)22(19)28/h1-10H,12H2. The van der Waals surface area contributed by atoms with E-state index in [1.165, 1.54) is 10.6 Å². The summed E-state index contributed by atoms with van der Waals surface area (Å²) >= 11 is 0. The van der Waals surface area contributed by atoms with Crippen molar-refractivity contribution in [2.75, 3.05) is 0 Å². The van der Waals surface area contributed by atoms with Gasteiger partial charge in [0.2, 0.25) is 5.43 Å². The molecule has 28 heavy (non-hydrogen) atoms. The highest BCUT2D eigenvalue weighted by atomic mass is 19.1. The number of pyridine rings is 1. The van der Waals surface area contributed by atoms with Crippen molar-refractivity contribution in [1.29, 1.82) is 5.26 Å². The molecular formula is C22H12FN3O2. The second kappa shape index (κ2) is 5.76. The number of aromatic nitrogens is 2. The van der Waals surface area contributed by atoms with Crippen molar-refractivity contribution in [2.24, 2.45) is 0 Å². The minimum absolute atomic E-state index is 0.0733. The number of carbonyl (C=O) groups is 1. The third kappa shape index (κ3) is 2.10. The van der Waals surface area contributed by atoms with Crippen LogP contribution in [-0.4, -0.2) is 15.0 Å². The van der Waals surface area contributed by atoms with E-state index < -0.39 is 5.91 Å². The molecule has 3 heterocycles. The Balaban J connectivity index is 1.92. The van der Waals surface area contributed by atoms with Crippen LogP contribution in [0.3, 0.4) is 0 Å². The molecule has 1 aliphatic rings. The molecule has 134 valence electrons. The molecule has 0 atom stereocenters. The topological polar surface area (TPSA) is 67.8 Å². The van der Waals surface area contributed by atoms with Gasteiger partial charge in [0, 0.05) is 17.1 Å². The van der Waals surface area contributed by atoms with Crippen LogP contribution in [0.25, 0.3) is 22.3 Å². The van der Waals surface area contributed by atoms with Gasteiger partial charge in [-0.2, -0.15) is 5.26 Å². The van der Waals surface area contributed by atoms with Gasteiger partial charge in [0.1, 0.15) is 11.4 Å². The van der Waals surface area contributed by atoms with Crippen LogP contribution in [0.4, 0.5) is 4.39 Å². The summed E-state index contributed by atoms with van der Waals surface area (Å²) in [5.41, 5.74) is 2.03. The first-order valence-electron chi connectivity index (χ1n) is 8.66. The number of benzene rings is 2. The summed E-state index contributed by atoms with van der Waals surface area (Å²) < 4.78 is 17.5. The minimum atomic E-state index is -0.395. The first-order chi connectivity index (χ1) is 13.6. The van der Waals surface area contributed by atoms with Crippen molar-refractivity contribution >= 4 is 16.8 Å². The number of carbonyl (C=O) groups excluding carboxylic acids is 1. The van der Waals surface area contributed by atoms with Crippen molar-refractivity contribution in [3.05, 3.63) is 93.5 Å². The normalized spacial score (nSPS) is 12.1. The first kappa shape index (κ1) is 16.2. The third-order valence-electron chi connectivity index (χ3n) is 5.11. The summed E-state index contributed by atoms with van der Waals surface area (Å²) in [7, 11) is 0. The smallest absolute Gasteiger partial charge is 0.268 e. The molecule has 0 fully saturated rings. The Morgan fingerprint density at radius 2 is 1.86 bits per heavy atom. The average Bonchev–Trinajstić information content (AvgIpc) is 3.29. The number of nitrogens with zero attached hydrogens (tertiary/aromatic N) is 3. The third-order valence-corrected chi connectivity index (χ3v) is 5.11. The number of hydrogen-bond acceptors (Lipinski definition) is 3. The van der Waals surface area contributed by atoms with Crippen LogP contribution in [0.1, 0.15) is 21.5 Å². The molecular weight excluding hydrogens is 357 g/mol. The maximum Gasteiger partial charge on any atom is 0.268 e. The van der Waals surface area contributed by atoms with Gasteiger partial charge in [0.25, 0.3) is 5.91 Å². The van der Waals surface area contributed by atoms with Gasteiger partial charge in [-0.05, 0) is 36.4 Å². The highest BCUT2D eigenvalue weighted by molar-refractivity contribution is 6.10. The van der Waals surface area contributed by atoms with Gasteiger partial charge in [-0.3, -0.25) is 14.2 Å². The second-order valence-electron chi connectivity index (χ2n) is 6.64. The fraction of sp³-hybridized carbons (Fsp3) is 0.0455.